The van der Waals surface area contributed by atoms with Crippen molar-refractivity contribution >= 4 is 21.9 Å². The van der Waals surface area contributed by atoms with E-state index in [1.807, 2.05) is 0 Å². The summed E-state index contributed by atoms with van der Waals surface area (Å²) < 4.78 is 16.1. The van der Waals surface area contributed by atoms with Crippen LogP contribution >= 0.6 is 0 Å². The zero-order valence-electron chi connectivity index (χ0n) is 16.1. The zero-order valence-corrected chi connectivity index (χ0v) is 16.1. The highest BCUT2D eigenvalue weighted by molar-refractivity contribution is 5.97. The molecule has 4 rings (SSSR count). The van der Waals surface area contributed by atoms with Crippen LogP contribution in [0.5, 0.6) is 23.0 Å². The standard InChI is InChI=1S/C20H20O11/c1-29-19-7(22)3-2-6-13(24)12-9(30-18(6)19)4-8(23)11(15(12)26)20-17(28)16(27)14(25)10(5-21)31-20/h2-4,10,14,16-17,20-23,25-28H,5H2,1H3/t10-,14+,16-,17+,20-/m0/s1. The molecule has 2 heterocycles. The summed E-state index contributed by atoms with van der Waals surface area (Å²) >= 11 is 0. The fourth-order valence-electron chi connectivity index (χ4n) is 3.84. The van der Waals surface area contributed by atoms with Gasteiger partial charge in [-0.15, -0.1) is 0 Å². The van der Waals surface area contributed by atoms with Crippen molar-refractivity contribution in [3.63, 3.8) is 0 Å². The molecule has 1 fully saturated rings. The van der Waals surface area contributed by atoms with Crippen LogP contribution in [-0.4, -0.2) is 73.9 Å². The van der Waals surface area contributed by atoms with E-state index in [2.05, 4.69) is 0 Å². The minimum absolute atomic E-state index is 0.0390. The molecule has 1 saturated heterocycles. The molecule has 0 saturated carbocycles. The van der Waals surface area contributed by atoms with Crippen LogP contribution in [0, 0.1) is 0 Å². The van der Waals surface area contributed by atoms with Crippen LogP contribution < -0.4 is 10.2 Å². The van der Waals surface area contributed by atoms with Crippen molar-refractivity contribution in [1.29, 1.82) is 0 Å². The van der Waals surface area contributed by atoms with E-state index in [1.54, 1.807) is 0 Å². The Bertz CT molecular complexity index is 1220. The summed E-state index contributed by atoms with van der Waals surface area (Å²) in [5, 5.41) is 70.6. The van der Waals surface area contributed by atoms with Crippen molar-refractivity contribution in [3.05, 3.63) is 34.0 Å². The number of aromatic hydroxyl groups is 3. The van der Waals surface area contributed by atoms with Crippen molar-refractivity contribution in [2.75, 3.05) is 13.7 Å². The molecule has 7 N–H and O–H groups in total. The molecule has 1 aliphatic rings. The molecule has 1 aromatic heterocycles. The molecule has 1 aliphatic heterocycles. The van der Waals surface area contributed by atoms with Gasteiger partial charge in [0.1, 0.15) is 53.0 Å². The molecule has 2 aromatic carbocycles. The second-order valence-corrected chi connectivity index (χ2v) is 7.21. The van der Waals surface area contributed by atoms with Gasteiger partial charge in [0.15, 0.2) is 11.3 Å². The molecule has 0 radical (unpaired) electrons. The third-order valence-corrected chi connectivity index (χ3v) is 5.44. The number of hydrogen-bond donors (Lipinski definition) is 7. The third-order valence-electron chi connectivity index (χ3n) is 5.44. The van der Waals surface area contributed by atoms with Crippen LogP contribution in [0.4, 0.5) is 0 Å². The summed E-state index contributed by atoms with van der Waals surface area (Å²) in [7, 11) is 1.26. The van der Waals surface area contributed by atoms with Gasteiger partial charge in [-0.3, -0.25) is 4.79 Å². The van der Waals surface area contributed by atoms with Gasteiger partial charge in [0.05, 0.1) is 24.7 Å². The maximum absolute atomic E-state index is 13.1. The predicted octanol–water partition coefficient (Wildman–Crippen LogP) is -0.414. The van der Waals surface area contributed by atoms with E-state index in [9.17, 15) is 40.5 Å². The molecule has 0 bridgehead atoms. The van der Waals surface area contributed by atoms with Gasteiger partial charge in [-0.2, -0.15) is 0 Å². The number of rotatable bonds is 3. The minimum Gasteiger partial charge on any atom is -0.507 e. The molecule has 166 valence electrons. The first kappa shape index (κ1) is 21.2. The summed E-state index contributed by atoms with van der Waals surface area (Å²) in [5.41, 5.74) is -1.51. The SMILES string of the molecule is COc1c(O)ccc2c(=O)c3c(O)c([C@@H]4O[C@@H](CO)[C@@H](O)[C@H](O)[C@H]4O)c(O)cc3oc12. The van der Waals surface area contributed by atoms with Gasteiger partial charge in [-0.25, -0.2) is 0 Å². The zero-order chi connectivity index (χ0) is 22.6. The summed E-state index contributed by atoms with van der Waals surface area (Å²) in [6.45, 7) is -0.716. The number of ether oxygens (including phenoxy) is 2. The average Bonchev–Trinajstić information content (AvgIpc) is 2.73. The summed E-state index contributed by atoms with van der Waals surface area (Å²) in [6.07, 6.45) is -8.07. The lowest BCUT2D eigenvalue weighted by Gasteiger charge is -2.40. The van der Waals surface area contributed by atoms with Crippen molar-refractivity contribution in [2.24, 2.45) is 0 Å². The van der Waals surface area contributed by atoms with Gasteiger partial charge in [-0.05, 0) is 12.1 Å². The lowest BCUT2D eigenvalue weighted by Crippen LogP contribution is -2.55. The van der Waals surface area contributed by atoms with Crippen molar-refractivity contribution in [3.8, 4) is 23.0 Å². The van der Waals surface area contributed by atoms with Crippen molar-refractivity contribution in [2.45, 2.75) is 30.5 Å². The molecule has 11 nitrogen and oxygen atoms in total. The van der Waals surface area contributed by atoms with Gasteiger partial charge >= 0.3 is 0 Å². The van der Waals surface area contributed by atoms with Gasteiger partial charge in [-0.1, -0.05) is 0 Å². The number of methoxy groups -OCH3 is 1. The third kappa shape index (κ3) is 3.06. The fourth-order valence-corrected chi connectivity index (χ4v) is 3.84. The monoisotopic (exact) mass is 436 g/mol. The highest BCUT2D eigenvalue weighted by Crippen LogP contribution is 2.45. The molecule has 3 aromatic rings. The van der Waals surface area contributed by atoms with E-state index in [-0.39, 0.29) is 33.4 Å². The molecular formula is C20H20O11. The smallest absolute Gasteiger partial charge is 0.204 e. The Labute approximate surface area is 173 Å². The molecule has 0 spiro atoms. The van der Waals surface area contributed by atoms with Gasteiger partial charge in [0.25, 0.3) is 0 Å². The number of aliphatic hydroxyl groups is 4. The number of hydrogen-bond acceptors (Lipinski definition) is 11. The molecule has 0 amide bonds. The maximum Gasteiger partial charge on any atom is 0.204 e. The summed E-state index contributed by atoms with van der Waals surface area (Å²) in [6, 6.07) is 3.47. The van der Waals surface area contributed by atoms with Crippen LogP contribution in [0.2, 0.25) is 0 Å². The number of benzene rings is 2. The van der Waals surface area contributed by atoms with Crippen LogP contribution in [-0.2, 0) is 4.74 Å². The van der Waals surface area contributed by atoms with Crippen LogP contribution in [0.25, 0.3) is 21.9 Å². The van der Waals surface area contributed by atoms with E-state index >= 15 is 0 Å². The molecule has 0 aliphatic carbocycles. The normalized spacial score (nSPS) is 26.4. The number of phenolic OH excluding ortho intramolecular Hbond substituents is 3. The topological polar surface area (TPSA) is 190 Å². The van der Waals surface area contributed by atoms with E-state index in [1.165, 1.54) is 19.2 Å². The molecule has 31 heavy (non-hydrogen) atoms. The van der Waals surface area contributed by atoms with E-state index in [4.69, 9.17) is 13.9 Å². The molecule has 5 atom stereocenters. The molecule has 0 unspecified atom stereocenters. The highest BCUT2D eigenvalue weighted by Gasteiger charge is 2.46. The Balaban J connectivity index is 1.99. The van der Waals surface area contributed by atoms with Gasteiger partial charge < -0.3 is 49.6 Å². The van der Waals surface area contributed by atoms with Crippen LogP contribution in [0.1, 0.15) is 11.7 Å². The van der Waals surface area contributed by atoms with E-state index in [0.717, 1.165) is 6.07 Å². The Kier molecular flexibility index (Phi) is 5.15. The van der Waals surface area contributed by atoms with Crippen LogP contribution in [0.15, 0.2) is 27.4 Å². The lowest BCUT2D eigenvalue weighted by molar-refractivity contribution is -0.232. The first-order chi connectivity index (χ1) is 14.7. The first-order valence-corrected chi connectivity index (χ1v) is 9.23. The summed E-state index contributed by atoms with van der Waals surface area (Å²) in [5.74, 6) is -1.82. The number of aliphatic hydroxyl groups excluding tert-OH is 4. The predicted molar refractivity (Wildman–Crippen MR) is 104 cm³/mol. The minimum atomic E-state index is -1.79. The molecular weight excluding hydrogens is 416 g/mol. The Morgan fingerprint density at radius 3 is 2.39 bits per heavy atom. The molecule has 11 heteroatoms. The fraction of sp³-hybridized carbons (Fsp3) is 0.350. The largest absolute Gasteiger partial charge is 0.507 e. The second kappa shape index (κ2) is 7.55. The average molecular weight is 436 g/mol. The van der Waals surface area contributed by atoms with Gasteiger partial charge in [0.2, 0.25) is 11.2 Å². The maximum atomic E-state index is 13.1. The van der Waals surface area contributed by atoms with Crippen LogP contribution in [0.3, 0.4) is 0 Å². The number of phenols is 3. The van der Waals surface area contributed by atoms with Crippen molar-refractivity contribution < 1.29 is 49.6 Å². The van der Waals surface area contributed by atoms with E-state index in [0.29, 0.717) is 0 Å². The Hall–Kier alpha value is -3.09. The Morgan fingerprint density at radius 1 is 1.03 bits per heavy atom. The van der Waals surface area contributed by atoms with Crippen molar-refractivity contribution in [1.82, 2.24) is 0 Å². The summed E-state index contributed by atoms with van der Waals surface area (Å²) in [4.78, 5) is 13.1. The Morgan fingerprint density at radius 2 is 1.74 bits per heavy atom. The van der Waals surface area contributed by atoms with Gasteiger partial charge in [0, 0.05) is 6.07 Å². The highest BCUT2D eigenvalue weighted by atomic mass is 16.5. The lowest BCUT2D eigenvalue weighted by atomic mass is 9.89. The first-order valence-electron chi connectivity index (χ1n) is 9.23. The number of fused-ring (bicyclic) bond motifs is 2. The quantitative estimate of drug-likeness (QED) is 0.264. The second-order valence-electron chi connectivity index (χ2n) is 7.21. The van der Waals surface area contributed by atoms with E-state index < -0.39 is 59.6 Å².